The molecule has 1 saturated heterocycles. The van der Waals surface area contributed by atoms with Crippen molar-refractivity contribution in [3.63, 3.8) is 0 Å². The molecule has 0 N–H and O–H groups in total. The van der Waals surface area contributed by atoms with Gasteiger partial charge in [0.25, 0.3) is 11.6 Å². The largest absolute Gasteiger partial charge is 0.338 e. The summed E-state index contributed by atoms with van der Waals surface area (Å²) in [6.45, 7) is 4.58. The molecule has 1 fully saturated rings. The van der Waals surface area contributed by atoms with Gasteiger partial charge in [-0.1, -0.05) is 17.3 Å². The lowest BCUT2D eigenvalue weighted by molar-refractivity contribution is -0.385. The summed E-state index contributed by atoms with van der Waals surface area (Å²) in [5.74, 6) is 0.942. The summed E-state index contributed by atoms with van der Waals surface area (Å²) in [5.41, 5.74) is 0.846. The van der Waals surface area contributed by atoms with Gasteiger partial charge in [0.05, 0.1) is 16.3 Å². The third-order valence-electron chi connectivity index (χ3n) is 4.88. The molecule has 0 aliphatic carbocycles. The highest BCUT2D eigenvalue weighted by Crippen LogP contribution is 2.23. The Morgan fingerprint density at radius 1 is 1.28 bits per heavy atom. The number of nitrogens with zero attached hydrogens (tertiary/aromatic N) is 5. The summed E-state index contributed by atoms with van der Waals surface area (Å²) in [4.78, 5) is 32.6. The number of rotatable bonds is 5. The molecule has 0 unspecified atom stereocenters. The first kappa shape index (κ1) is 19.2. The highest BCUT2D eigenvalue weighted by atomic mass is 32.1. The van der Waals surface area contributed by atoms with Gasteiger partial charge in [-0.05, 0) is 24.4 Å². The first-order valence-electron chi connectivity index (χ1n) is 9.14. The first-order chi connectivity index (χ1) is 14.0. The molecule has 0 saturated carbocycles. The van der Waals surface area contributed by atoms with Crippen molar-refractivity contribution in [3.8, 4) is 10.7 Å². The van der Waals surface area contributed by atoms with E-state index in [1.807, 2.05) is 17.5 Å². The Bertz CT molecular complexity index is 1030. The van der Waals surface area contributed by atoms with E-state index in [0.29, 0.717) is 55.6 Å². The van der Waals surface area contributed by atoms with E-state index in [0.717, 1.165) is 4.88 Å². The molecule has 150 valence electrons. The van der Waals surface area contributed by atoms with Gasteiger partial charge in [0, 0.05) is 43.4 Å². The van der Waals surface area contributed by atoms with E-state index in [1.165, 1.54) is 6.07 Å². The van der Waals surface area contributed by atoms with Crippen molar-refractivity contribution in [1.82, 2.24) is 19.9 Å². The molecule has 2 aromatic heterocycles. The number of nitro benzene ring substituents is 1. The molecule has 0 bridgehead atoms. The second-order valence-corrected chi connectivity index (χ2v) is 7.76. The molecular weight excluding hydrogens is 394 g/mol. The van der Waals surface area contributed by atoms with Gasteiger partial charge in [0.2, 0.25) is 11.7 Å². The normalized spacial score (nSPS) is 14.9. The molecule has 4 rings (SSSR count). The minimum absolute atomic E-state index is 0.0348. The van der Waals surface area contributed by atoms with E-state index in [1.54, 1.807) is 35.3 Å². The molecule has 10 heteroatoms. The maximum absolute atomic E-state index is 12.7. The monoisotopic (exact) mass is 413 g/mol. The fourth-order valence-electron chi connectivity index (χ4n) is 3.25. The summed E-state index contributed by atoms with van der Waals surface area (Å²) in [7, 11) is 0. The maximum Gasteiger partial charge on any atom is 0.273 e. The maximum atomic E-state index is 12.7. The zero-order valence-electron chi connectivity index (χ0n) is 15.8. The van der Waals surface area contributed by atoms with Gasteiger partial charge in [-0.3, -0.25) is 19.8 Å². The number of thiophene rings is 1. The van der Waals surface area contributed by atoms with E-state index in [4.69, 9.17) is 4.52 Å². The predicted octanol–water partition coefficient (Wildman–Crippen LogP) is 2.97. The fourth-order valence-corrected chi connectivity index (χ4v) is 3.90. The number of aromatic nitrogens is 2. The van der Waals surface area contributed by atoms with Crippen LogP contribution in [0.4, 0.5) is 5.69 Å². The molecule has 1 amide bonds. The fraction of sp³-hybridized carbons (Fsp3) is 0.316. The van der Waals surface area contributed by atoms with Crippen LogP contribution in [0.3, 0.4) is 0 Å². The molecule has 1 aliphatic rings. The van der Waals surface area contributed by atoms with Crippen LogP contribution in [-0.4, -0.2) is 56.9 Å². The van der Waals surface area contributed by atoms with Gasteiger partial charge < -0.3 is 9.42 Å². The molecule has 0 spiro atoms. The number of piperazine rings is 1. The molecule has 29 heavy (non-hydrogen) atoms. The van der Waals surface area contributed by atoms with Crippen molar-refractivity contribution >= 4 is 22.9 Å². The van der Waals surface area contributed by atoms with Crippen molar-refractivity contribution in [2.45, 2.75) is 13.5 Å². The number of hydrogen-bond donors (Lipinski definition) is 0. The minimum Gasteiger partial charge on any atom is -0.338 e. The molecule has 1 aromatic carbocycles. The van der Waals surface area contributed by atoms with Crippen LogP contribution >= 0.6 is 11.3 Å². The third kappa shape index (κ3) is 4.17. The van der Waals surface area contributed by atoms with Gasteiger partial charge in [-0.15, -0.1) is 11.3 Å². The van der Waals surface area contributed by atoms with Crippen molar-refractivity contribution < 1.29 is 14.2 Å². The Morgan fingerprint density at radius 3 is 2.76 bits per heavy atom. The molecular formula is C19H19N5O4S. The van der Waals surface area contributed by atoms with Crippen molar-refractivity contribution in [2.24, 2.45) is 0 Å². The molecule has 1 aliphatic heterocycles. The van der Waals surface area contributed by atoms with Gasteiger partial charge in [-0.2, -0.15) is 4.98 Å². The van der Waals surface area contributed by atoms with E-state index in [2.05, 4.69) is 15.0 Å². The lowest BCUT2D eigenvalue weighted by Gasteiger charge is -2.34. The summed E-state index contributed by atoms with van der Waals surface area (Å²) in [6, 6.07) is 8.49. The predicted molar refractivity (Wildman–Crippen MR) is 107 cm³/mol. The lowest BCUT2D eigenvalue weighted by atomic mass is 10.1. The van der Waals surface area contributed by atoms with Crippen LogP contribution in [0.2, 0.25) is 0 Å². The number of benzene rings is 1. The van der Waals surface area contributed by atoms with Crippen LogP contribution in [-0.2, 0) is 6.54 Å². The van der Waals surface area contributed by atoms with E-state index >= 15 is 0 Å². The van der Waals surface area contributed by atoms with E-state index in [9.17, 15) is 14.9 Å². The van der Waals surface area contributed by atoms with Gasteiger partial charge in [0.15, 0.2) is 0 Å². The van der Waals surface area contributed by atoms with Crippen LogP contribution in [0.1, 0.15) is 21.8 Å². The molecule has 3 aromatic rings. The number of carbonyl (C=O) groups is 1. The Balaban J connectivity index is 1.35. The van der Waals surface area contributed by atoms with Gasteiger partial charge >= 0.3 is 0 Å². The zero-order valence-corrected chi connectivity index (χ0v) is 16.6. The van der Waals surface area contributed by atoms with Crippen LogP contribution in [0.25, 0.3) is 10.7 Å². The minimum atomic E-state index is -0.459. The summed E-state index contributed by atoms with van der Waals surface area (Å²) in [5, 5.41) is 17.1. The Kier molecular flexibility index (Phi) is 5.36. The average Bonchev–Trinajstić information content (AvgIpc) is 3.40. The zero-order chi connectivity index (χ0) is 20.4. The number of nitro groups is 1. The highest BCUT2D eigenvalue weighted by molar-refractivity contribution is 7.13. The Labute approximate surface area is 170 Å². The van der Waals surface area contributed by atoms with Crippen LogP contribution in [0.15, 0.2) is 40.2 Å². The number of aryl methyl sites for hydroxylation is 1. The number of hydrogen-bond acceptors (Lipinski definition) is 8. The molecule has 0 atom stereocenters. The van der Waals surface area contributed by atoms with Crippen LogP contribution in [0, 0.1) is 17.0 Å². The summed E-state index contributed by atoms with van der Waals surface area (Å²) in [6.07, 6.45) is 0. The summed E-state index contributed by atoms with van der Waals surface area (Å²) < 4.78 is 5.34. The second-order valence-electron chi connectivity index (χ2n) is 6.82. The van der Waals surface area contributed by atoms with Crippen molar-refractivity contribution in [2.75, 3.05) is 26.2 Å². The van der Waals surface area contributed by atoms with Crippen LogP contribution < -0.4 is 0 Å². The SMILES string of the molecule is Cc1ccc(C(=O)N2CCN(Cc3nc(-c4cccs4)no3)CC2)cc1[N+](=O)[O-]. The second kappa shape index (κ2) is 8.10. The quantitative estimate of drug-likeness (QED) is 0.468. The number of amides is 1. The topological polar surface area (TPSA) is 106 Å². The van der Waals surface area contributed by atoms with Crippen molar-refractivity contribution in [1.29, 1.82) is 0 Å². The lowest BCUT2D eigenvalue weighted by Crippen LogP contribution is -2.48. The van der Waals surface area contributed by atoms with E-state index < -0.39 is 4.92 Å². The van der Waals surface area contributed by atoms with Gasteiger partial charge in [-0.25, -0.2) is 0 Å². The van der Waals surface area contributed by atoms with Gasteiger partial charge in [0.1, 0.15) is 0 Å². The van der Waals surface area contributed by atoms with Crippen LogP contribution in [0.5, 0.6) is 0 Å². The highest BCUT2D eigenvalue weighted by Gasteiger charge is 2.25. The standard InChI is InChI=1S/C19H19N5O4S/c1-13-4-5-14(11-15(13)24(26)27)19(25)23-8-6-22(7-9-23)12-17-20-18(21-28-17)16-3-2-10-29-16/h2-5,10-11H,6-9,12H2,1H3. The smallest absolute Gasteiger partial charge is 0.273 e. The molecule has 0 radical (unpaired) electrons. The molecule has 3 heterocycles. The van der Waals surface area contributed by atoms with Crippen molar-refractivity contribution in [3.05, 3.63) is 62.8 Å². The first-order valence-corrected chi connectivity index (χ1v) is 10.0. The summed E-state index contributed by atoms with van der Waals surface area (Å²) >= 11 is 1.56. The Morgan fingerprint density at radius 2 is 2.07 bits per heavy atom. The average molecular weight is 413 g/mol. The third-order valence-corrected chi connectivity index (χ3v) is 5.75. The Hall–Kier alpha value is -3.11. The number of carbonyl (C=O) groups excluding carboxylic acids is 1. The molecule has 9 nitrogen and oxygen atoms in total. The van der Waals surface area contributed by atoms with E-state index in [-0.39, 0.29) is 11.6 Å².